The van der Waals surface area contributed by atoms with Crippen molar-refractivity contribution in [3.63, 3.8) is 0 Å². The maximum atomic E-state index is 11.4. The van der Waals surface area contributed by atoms with Crippen molar-refractivity contribution in [3.05, 3.63) is 17.5 Å². The fraction of sp³-hybridized carbons (Fsp3) is 0.636. The van der Waals surface area contributed by atoms with Crippen molar-refractivity contribution >= 4 is 21.8 Å². The van der Waals surface area contributed by atoms with Gasteiger partial charge in [-0.1, -0.05) is 22.9 Å². The van der Waals surface area contributed by atoms with Gasteiger partial charge in [-0.25, -0.2) is 0 Å². The number of carbonyl (C=O) groups excluding carboxylic acids is 1. The van der Waals surface area contributed by atoms with Gasteiger partial charge >= 0.3 is 0 Å². The Morgan fingerprint density at radius 1 is 1.69 bits per heavy atom. The van der Waals surface area contributed by atoms with E-state index in [2.05, 4.69) is 31.4 Å². The predicted molar refractivity (Wildman–Crippen MR) is 67.7 cm³/mol. The molecule has 0 aliphatic rings. The molecule has 1 heterocycles. The summed E-state index contributed by atoms with van der Waals surface area (Å²) < 4.78 is 0. The number of carbonyl (C=O) groups is 1. The monoisotopic (exact) mass is 287 g/mol. The normalized spacial score (nSPS) is 12.4. The molecule has 0 bridgehead atoms. The molecule has 1 unspecified atom stereocenters. The maximum absolute atomic E-state index is 11.4. The summed E-state index contributed by atoms with van der Waals surface area (Å²) in [5.74, 6) is 0.0754. The van der Waals surface area contributed by atoms with Crippen LogP contribution in [0.15, 0.2) is 6.20 Å². The Morgan fingerprint density at radius 2 is 2.44 bits per heavy atom. The molecule has 16 heavy (non-hydrogen) atoms. The summed E-state index contributed by atoms with van der Waals surface area (Å²) >= 11 is 3.32. The summed E-state index contributed by atoms with van der Waals surface area (Å²) in [6.07, 6.45) is 4.54. The lowest BCUT2D eigenvalue weighted by Gasteiger charge is -2.08. The first-order valence-corrected chi connectivity index (χ1v) is 6.47. The number of nitrogens with zero attached hydrogens (tertiary/aromatic N) is 1. The van der Waals surface area contributed by atoms with E-state index in [0.29, 0.717) is 6.54 Å². The Kier molecular flexibility index (Phi) is 5.52. The Balaban J connectivity index is 2.17. The highest BCUT2D eigenvalue weighted by Gasteiger charge is 2.10. The number of hydrogen-bond donors (Lipinski definition) is 2. The largest absolute Gasteiger partial charge is 0.355 e. The number of aromatic nitrogens is 2. The molecule has 1 rings (SSSR count). The molecule has 1 amide bonds. The van der Waals surface area contributed by atoms with Crippen LogP contribution in [0.25, 0.3) is 0 Å². The zero-order valence-corrected chi connectivity index (χ0v) is 11.3. The smallest absolute Gasteiger partial charge is 0.233 e. The third kappa shape index (κ3) is 3.96. The summed E-state index contributed by atoms with van der Waals surface area (Å²) in [5.41, 5.74) is 2.33. The van der Waals surface area contributed by atoms with E-state index >= 15 is 0 Å². The van der Waals surface area contributed by atoms with Crippen LogP contribution in [0.4, 0.5) is 0 Å². The molecule has 0 saturated heterocycles. The lowest BCUT2D eigenvalue weighted by atomic mass is 10.1. The Labute approximate surface area is 104 Å². The van der Waals surface area contributed by atoms with E-state index < -0.39 is 0 Å². The lowest BCUT2D eigenvalue weighted by molar-refractivity contribution is -0.120. The molecule has 0 radical (unpaired) electrons. The number of nitrogens with one attached hydrogen (secondary N) is 2. The molecule has 5 heteroatoms. The lowest BCUT2D eigenvalue weighted by Crippen LogP contribution is -2.31. The second-order valence-electron chi connectivity index (χ2n) is 3.79. The molecular weight excluding hydrogens is 270 g/mol. The molecule has 0 saturated carbocycles. The van der Waals surface area contributed by atoms with Crippen molar-refractivity contribution in [2.24, 2.45) is 0 Å². The quantitative estimate of drug-likeness (QED) is 0.621. The molecule has 4 nitrogen and oxygen atoms in total. The second kappa shape index (κ2) is 6.68. The molecule has 90 valence electrons. The van der Waals surface area contributed by atoms with Gasteiger partial charge in [-0.2, -0.15) is 5.10 Å². The summed E-state index contributed by atoms with van der Waals surface area (Å²) in [7, 11) is 0. The first-order chi connectivity index (χ1) is 7.65. The highest BCUT2D eigenvalue weighted by atomic mass is 79.9. The van der Waals surface area contributed by atoms with Gasteiger partial charge in [0.15, 0.2) is 0 Å². The molecule has 0 aromatic carbocycles. The van der Waals surface area contributed by atoms with E-state index in [1.165, 1.54) is 5.56 Å². The summed E-state index contributed by atoms with van der Waals surface area (Å²) in [6.45, 7) is 4.70. The minimum absolute atomic E-state index is 0.0665. The number of amides is 1. The molecule has 2 N–H and O–H groups in total. The number of rotatable bonds is 6. The minimum Gasteiger partial charge on any atom is -0.355 e. The van der Waals surface area contributed by atoms with Gasteiger partial charge in [0.1, 0.15) is 0 Å². The SMILES string of the molecule is CCC(Br)C(=O)NCCCc1cn[nH]c1C. The molecule has 1 aromatic rings. The van der Waals surface area contributed by atoms with Gasteiger partial charge < -0.3 is 5.32 Å². The van der Waals surface area contributed by atoms with Crippen LogP contribution in [-0.2, 0) is 11.2 Å². The minimum atomic E-state index is -0.0665. The Bertz CT molecular complexity index is 338. The van der Waals surface area contributed by atoms with Crippen LogP contribution in [0, 0.1) is 6.92 Å². The molecule has 1 atom stereocenters. The van der Waals surface area contributed by atoms with Crippen LogP contribution < -0.4 is 5.32 Å². The molecule has 0 aliphatic carbocycles. The number of alkyl halides is 1. The van der Waals surface area contributed by atoms with Gasteiger partial charge in [0, 0.05) is 12.2 Å². The van der Waals surface area contributed by atoms with Gasteiger partial charge in [-0.15, -0.1) is 0 Å². The summed E-state index contributed by atoms with van der Waals surface area (Å²) in [6, 6.07) is 0. The van der Waals surface area contributed by atoms with Crippen molar-refractivity contribution in [3.8, 4) is 0 Å². The van der Waals surface area contributed by atoms with Crippen molar-refractivity contribution in [1.29, 1.82) is 0 Å². The second-order valence-corrected chi connectivity index (χ2v) is 4.90. The zero-order valence-electron chi connectivity index (χ0n) is 9.72. The third-order valence-electron chi connectivity index (χ3n) is 2.50. The summed E-state index contributed by atoms with van der Waals surface area (Å²) in [5, 5.41) is 9.76. The van der Waals surface area contributed by atoms with Crippen LogP contribution in [0.5, 0.6) is 0 Å². The first-order valence-electron chi connectivity index (χ1n) is 5.55. The van der Waals surface area contributed by atoms with Crippen LogP contribution in [0.3, 0.4) is 0 Å². The molecule has 0 spiro atoms. The van der Waals surface area contributed by atoms with E-state index in [9.17, 15) is 4.79 Å². The van der Waals surface area contributed by atoms with Crippen LogP contribution in [-0.4, -0.2) is 27.5 Å². The van der Waals surface area contributed by atoms with Crippen LogP contribution >= 0.6 is 15.9 Å². The maximum Gasteiger partial charge on any atom is 0.233 e. The van der Waals surface area contributed by atoms with Crippen LogP contribution in [0.1, 0.15) is 31.0 Å². The predicted octanol–water partition coefficient (Wildman–Crippen LogP) is 1.94. The highest BCUT2D eigenvalue weighted by Crippen LogP contribution is 2.06. The Hall–Kier alpha value is -0.840. The molecule has 1 aromatic heterocycles. The zero-order chi connectivity index (χ0) is 12.0. The molecular formula is C11H18BrN3O. The van der Waals surface area contributed by atoms with E-state index in [0.717, 1.165) is 25.0 Å². The average molecular weight is 288 g/mol. The number of aromatic amines is 1. The molecule has 0 fully saturated rings. The van der Waals surface area contributed by atoms with Gasteiger partial charge in [-0.3, -0.25) is 9.89 Å². The van der Waals surface area contributed by atoms with Gasteiger partial charge in [0.25, 0.3) is 0 Å². The summed E-state index contributed by atoms with van der Waals surface area (Å²) in [4.78, 5) is 11.4. The van der Waals surface area contributed by atoms with E-state index in [1.807, 2.05) is 20.0 Å². The van der Waals surface area contributed by atoms with Crippen molar-refractivity contribution in [2.45, 2.75) is 37.9 Å². The number of H-pyrrole nitrogens is 1. The number of aryl methyl sites for hydroxylation is 2. The van der Waals surface area contributed by atoms with Gasteiger partial charge in [-0.05, 0) is 31.7 Å². The van der Waals surface area contributed by atoms with Crippen molar-refractivity contribution < 1.29 is 4.79 Å². The highest BCUT2D eigenvalue weighted by molar-refractivity contribution is 9.10. The topological polar surface area (TPSA) is 57.8 Å². The van der Waals surface area contributed by atoms with Gasteiger partial charge in [0.05, 0.1) is 11.0 Å². The molecule has 0 aliphatic heterocycles. The fourth-order valence-electron chi connectivity index (χ4n) is 1.41. The number of halogens is 1. The van der Waals surface area contributed by atoms with Gasteiger partial charge in [0.2, 0.25) is 5.91 Å². The van der Waals surface area contributed by atoms with E-state index in [4.69, 9.17) is 0 Å². The third-order valence-corrected chi connectivity index (χ3v) is 3.56. The first kappa shape index (κ1) is 13.2. The van der Waals surface area contributed by atoms with Crippen LogP contribution in [0.2, 0.25) is 0 Å². The number of hydrogen-bond acceptors (Lipinski definition) is 2. The standard InChI is InChI=1S/C11H18BrN3O/c1-3-10(12)11(16)13-6-4-5-9-7-14-15-8(9)2/h7,10H,3-6H2,1-2H3,(H,13,16)(H,14,15). The van der Waals surface area contributed by atoms with E-state index in [1.54, 1.807) is 0 Å². The van der Waals surface area contributed by atoms with E-state index in [-0.39, 0.29) is 10.7 Å². The van der Waals surface area contributed by atoms with Crippen molar-refractivity contribution in [1.82, 2.24) is 15.5 Å². The Morgan fingerprint density at radius 3 is 3.00 bits per heavy atom. The fourth-order valence-corrected chi connectivity index (χ4v) is 1.58. The average Bonchev–Trinajstić information content (AvgIpc) is 2.69. The van der Waals surface area contributed by atoms with Crippen molar-refractivity contribution in [2.75, 3.05) is 6.54 Å².